The van der Waals surface area contributed by atoms with E-state index in [0.717, 1.165) is 51.6 Å². The summed E-state index contributed by atoms with van der Waals surface area (Å²) in [5.74, 6) is 1.37. The Morgan fingerprint density at radius 2 is 2.08 bits per heavy atom. The van der Waals surface area contributed by atoms with Gasteiger partial charge in [-0.2, -0.15) is 13.2 Å². The van der Waals surface area contributed by atoms with E-state index in [0.29, 0.717) is 18.4 Å². The molecule has 1 aliphatic rings. The number of aromatic nitrogens is 2. The number of benzene rings is 1. The monoisotopic (exact) mass is 518 g/mol. The summed E-state index contributed by atoms with van der Waals surface area (Å²) in [6.45, 7) is 2.31. The molecule has 37 heavy (non-hydrogen) atoms. The van der Waals surface area contributed by atoms with Crippen LogP contribution in [0.2, 0.25) is 0 Å². The minimum atomic E-state index is -4.44. The number of imidazole rings is 1. The lowest BCUT2D eigenvalue weighted by atomic mass is 9.99. The number of pyridine rings is 1. The molecule has 200 valence electrons. The zero-order valence-electron chi connectivity index (χ0n) is 21.4. The Balaban J connectivity index is 1.51. The van der Waals surface area contributed by atoms with Crippen LogP contribution in [-0.4, -0.2) is 78.2 Å². The summed E-state index contributed by atoms with van der Waals surface area (Å²) in [7, 11) is 3.71. The highest BCUT2D eigenvalue weighted by Crippen LogP contribution is 2.32. The van der Waals surface area contributed by atoms with Crippen molar-refractivity contribution in [2.24, 2.45) is 0 Å². The van der Waals surface area contributed by atoms with Gasteiger partial charge >= 0.3 is 6.18 Å². The van der Waals surface area contributed by atoms with Crippen molar-refractivity contribution in [3.63, 3.8) is 0 Å². The summed E-state index contributed by atoms with van der Waals surface area (Å²) in [6, 6.07) is 8.17. The molecule has 0 aliphatic carbocycles. The van der Waals surface area contributed by atoms with Gasteiger partial charge in [-0.05, 0) is 75.5 Å². The fourth-order valence-corrected chi connectivity index (χ4v) is 4.95. The Morgan fingerprint density at radius 3 is 2.76 bits per heavy atom. The molecule has 10 heteroatoms. The van der Waals surface area contributed by atoms with Crippen LogP contribution < -0.4 is 9.47 Å². The van der Waals surface area contributed by atoms with Gasteiger partial charge in [-0.1, -0.05) is 0 Å². The maximum atomic E-state index is 12.8. The molecule has 3 heterocycles. The molecular weight excluding hydrogens is 485 g/mol. The number of hydrogen-bond acceptors (Lipinski definition) is 5. The van der Waals surface area contributed by atoms with Crippen LogP contribution in [0.1, 0.15) is 30.4 Å². The third-order valence-corrected chi connectivity index (χ3v) is 7.06. The number of ether oxygens (including phenoxy) is 2. The molecule has 0 saturated carbocycles. The Hall–Kier alpha value is -3.27. The second-order valence-electron chi connectivity index (χ2n) is 9.55. The first kappa shape index (κ1) is 26.8. The minimum Gasteiger partial charge on any atom is -0.496 e. The Labute approximate surface area is 214 Å². The van der Waals surface area contributed by atoms with Crippen molar-refractivity contribution in [1.82, 2.24) is 19.2 Å². The standard InChI is InChI=1S/C27H33F3N4O3/c1-19-20(6-10-33(18-35)17-27(28,29)30)13-21(14-25(19)36-3)24-16-31-26-15-23(7-11-34(24)26)37-12-8-22-5-4-9-32(22)2/h7,11,13-16,18,22H,4-6,8-10,12,17H2,1-3H3. The molecule has 4 rings (SSSR count). The number of carbonyl (C=O) groups excluding carboxylic acids is 1. The summed E-state index contributed by atoms with van der Waals surface area (Å²) in [5.41, 5.74) is 3.98. The van der Waals surface area contributed by atoms with Crippen molar-refractivity contribution in [3.8, 4) is 22.8 Å². The number of halogens is 3. The predicted octanol–water partition coefficient (Wildman–Crippen LogP) is 4.74. The molecule has 3 aromatic rings. The highest BCUT2D eigenvalue weighted by atomic mass is 19.4. The maximum absolute atomic E-state index is 12.8. The number of rotatable bonds is 11. The van der Waals surface area contributed by atoms with Gasteiger partial charge in [0.2, 0.25) is 6.41 Å². The van der Waals surface area contributed by atoms with Crippen LogP contribution in [0.4, 0.5) is 13.2 Å². The average Bonchev–Trinajstić information content (AvgIpc) is 3.47. The third kappa shape index (κ3) is 6.54. The molecule has 1 aliphatic heterocycles. The van der Waals surface area contributed by atoms with Crippen LogP contribution in [0.5, 0.6) is 11.5 Å². The van der Waals surface area contributed by atoms with Gasteiger partial charge in [-0.15, -0.1) is 0 Å². The topological polar surface area (TPSA) is 59.3 Å². The summed E-state index contributed by atoms with van der Waals surface area (Å²) in [4.78, 5) is 18.8. The maximum Gasteiger partial charge on any atom is 0.406 e. The molecule has 2 aromatic heterocycles. The van der Waals surface area contributed by atoms with Gasteiger partial charge in [0, 0.05) is 30.4 Å². The summed E-state index contributed by atoms with van der Waals surface area (Å²) < 4.78 is 51.8. The lowest BCUT2D eigenvalue weighted by Gasteiger charge is -2.20. The lowest BCUT2D eigenvalue weighted by Crippen LogP contribution is -2.34. The third-order valence-electron chi connectivity index (χ3n) is 7.06. The zero-order chi connectivity index (χ0) is 26.6. The molecule has 7 nitrogen and oxygen atoms in total. The second-order valence-corrected chi connectivity index (χ2v) is 9.55. The van der Waals surface area contributed by atoms with Crippen LogP contribution in [-0.2, 0) is 11.2 Å². The Kier molecular flexibility index (Phi) is 8.26. The molecule has 1 atom stereocenters. The van der Waals surface area contributed by atoms with Crippen LogP contribution in [0.15, 0.2) is 36.7 Å². The normalized spacial score (nSPS) is 16.3. The zero-order valence-corrected chi connectivity index (χ0v) is 21.4. The van der Waals surface area contributed by atoms with Crippen LogP contribution in [0, 0.1) is 6.92 Å². The van der Waals surface area contributed by atoms with Gasteiger partial charge < -0.3 is 19.3 Å². The van der Waals surface area contributed by atoms with E-state index in [1.165, 1.54) is 12.8 Å². The Bertz CT molecular complexity index is 1230. The lowest BCUT2D eigenvalue weighted by molar-refractivity contribution is -0.153. The van der Waals surface area contributed by atoms with Crippen molar-refractivity contribution < 1.29 is 27.4 Å². The van der Waals surface area contributed by atoms with E-state index in [-0.39, 0.29) is 19.4 Å². The first-order valence-electron chi connectivity index (χ1n) is 12.4. The van der Waals surface area contributed by atoms with E-state index in [1.807, 2.05) is 41.8 Å². The first-order valence-corrected chi connectivity index (χ1v) is 12.4. The molecular formula is C27H33F3N4O3. The fraction of sp³-hybridized carbons (Fsp3) is 0.481. The van der Waals surface area contributed by atoms with E-state index in [1.54, 1.807) is 13.3 Å². The molecule has 1 amide bonds. The number of amides is 1. The van der Waals surface area contributed by atoms with Crippen molar-refractivity contribution in [2.75, 3.05) is 40.4 Å². The smallest absolute Gasteiger partial charge is 0.406 e. The van der Waals surface area contributed by atoms with Gasteiger partial charge in [0.1, 0.15) is 23.7 Å². The van der Waals surface area contributed by atoms with Crippen LogP contribution in [0.3, 0.4) is 0 Å². The predicted molar refractivity (Wildman–Crippen MR) is 135 cm³/mol. The van der Waals surface area contributed by atoms with E-state index in [4.69, 9.17) is 9.47 Å². The number of carbonyl (C=O) groups is 1. The number of alkyl halides is 3. The molecule has 1 aromatic carbocycles. The molecule has 0 spiro atoms. The van der Waals surface area contributed by atoms with Crippen molar-refractivity contribution in [1.29, 1.82) is 0 Å². The van der Waals surface area contributed by atoms with Gasteiger partial charge in [-0.3, -0.25) is 9.20 Å². The number of nitrogens with zero attached hydrogens (tertiary/aromatic N) is 4. The molecule has 1 unspecified atom stereocenters. The van der Waals surface area contributed by atoms with E-state index in [9.17, 15) is 18.0 Å². The summed E-state index contributed by atoms with van der Waals surface area (Å²) in [5, 5.41) is 0. The highest BCUT2D eigenvalue weighted by Gasteiger charge is 2.30. The molecule has 0 N–H and O–H groups in total. The number of methoxy groups -OCH3 is 1. The van der Waals surface area contributed by atoms with Crippen LogP contribution >= 0.6 is 0 Å². The number of hydrogen-bond donors (Lipinski definition) is 0. The first-order chi connectivity index (χ1) is 17.7. The van der Waals surface area contributed by atoms with E-state index in [2.05, 4.69) is 16.9 Å². The molecule has 1 fully saturated rings. The highest BCUT2D eigenvalue weighted by molar-refractivity contribution is 5.68. The SMILES string of the molecule is COc1cc(-c2cnc3cc(OCCC4CCCN4C)ccn23)cc(CCN(C=O)CC(F)(F)F)c1C. The molecule has 1 saturated heterocycles. The second kappa shape index (κ2) is 11.4. The minimum absolute atomic E-state index is 0.0546. The quantitative estimate of drug-likeness (QED) is 0.343. The van der Waals surface area contributed by atoms with E-state index < -0.39 is 12.7 Å². The number of fused-ring (bicyclic) bond motifs is 1. The largest absolute Gasteiger partial charge is 0.496 e. The average molecular weight is 519 g/mol. The fourth-order valence-electron chi connectivity index (χ4n) is 4.95. The van der Waals surface area contributed by atoms with Crippen molar-refractivity contribution in [2.45, 2.75) is 44.8 Å². The van der Waals surface area contributed by atoms with Crippen LogP contribution in [0.25, 0.3) is 16.9 Å². The molecule has 0 bridgehead atoms. The van der Waals surface area contributed by atoms with Gasteiger partial charge in [0.15, 0.2) is 0 Å². The van der Waals surface area contributed by atoms with Gasteiger partial charge in [0.05, 0.1) is 25.6 Å². The number of likely N-dealkylation sites (tertiary alicyclic amines) is 1. The summed E-state index contributed by atoms with van der Waals surface area (Å²) >= 11 is 0. The van der Waals surface area contributed by atoms with Gasteiger partial charge in [-0.25, -0.2) is 4.98 Å². The van der Waals surface area contributed by atoms with Crippen molar-refractivity contribution >= 4 is 12.1 Å². The summed E-state index contributed by atoms with van der Waals surface area (Å²) in [6.07, 6.45) is 3.13. The van der Waals surface area contributed by atoms with Crippen molar-refractivity contribution in [3.05, 3.63) is 47.8 Å². The van der Waals surface area contributed by atoms with Gasteiger partial charge in [0.25, 0.3) is 0 Å². The van der Waals surface area contributed by atoms with E-state index >= 15 is 0 Å². The molecule has 0 radical (unpaired) electrons. The Morgan fingerprint density at radius 1 is 1.27 bits per heavy atom.